The molecule has 1 aromatic rings. The van der Waals surface area contributed by atoms with Gasteiger partial charge in [-0.15, -0.1) is 10.2 Å². The molecule has 0 aromatic carbocycles. The van der Waals surface area contributed by atoms with Gasteiger partial charge in [0, 0.05) is 6.04 Å². The fourth-order valence-electron chi connectivity index (χ4n) is 3.37. The van der Waals surface area contributed by atoms with Gasteiger partial charge in [0.05, 0.1) is 6.54 Å². The Balaban J connectivity index is 1.96. The molecule has 0 aliphatic heterocycles. The van der Waals surface area contributed by atoms with Crippen LogP contribution in [-0.2, 0) is 11.3 Å². The number of nitrogens with zero attached hydrogens (tertiary/aromatic N) is 3. The highest BCUT2D eigenvalue weighted by Gasteiger charge is 2.47. The molecular formula is C18H30N4O. The summed E-state index contributed by atoms with van der Waals surface area (Å²) in [7, 11) is 0. The van der Waals surface area contributed by atoms with Crippen LogP contribution in [0.2, 0.25) is 0 Å². The molecule has 23 heavy (non-hydrogen) atoms. The molecule has 2 rings (SSSR count). The first kappa shape index (κ1) is 17.7. The van der Waals surface area contributed by atoms with Crippen LogP contribution < -0.4 is 5.32 Å². The van der Waals surface area contributed by atoms with E-state index < -0.39 is 0 Å². The highest BCUT2D eigenvalue weighted by molar-refractivity contribution is 5.87. The largest absolute Gasteiger partial charge is 0.345 e. The summed E-state index contributed by atoms with van der Waals surface area (Å²) in [5, 5.41) is 10.9. The molecule has 1 amide bonds. The molecule has 5 heteroatoms. The first-order valence-corrected chi connectivity index (χ1v) is 8.53. The molecule has 0 radical (unpaired) electrons. The molecule has 2 atom stereocenters. The molecular weight excluding hydrogens is 288 g/mol. The molecule has 1 aliphatic carbocycles. The third-order valence-electron chi connectivity index (χ3n) is 6.03. The van der Waals surface area contributed by atoms with Gasteiger partial charge in [-0.25, -0.2) is 0 Å². The van der Waals surface area contributed by atoms with Gasteiger partial charge >= 0.3 is 0 Å². The predicted molar refractivity (Wildman–Crippen MR) is 91.7 cm³/mol. The van der Waals surface area contributed by atoms with Gasteiger partial charge in [0.2, 0.25) is 5.91 Å². The Morgan fingerprint density at radius 1 is 1.48 bits per heavy atom. The molecule has 5 nitrogen and oxygen atoms in total. The Morgan fingerprint density at radius 2 is 2.17 bits per heavy atom. The Bertz CT molecular complexity index is 588. The van der Waals surface area contributed by atoms with Crippen molar-refractivity contribution in [2.45, 2.75) is 67.0 Å². The summed E-state index contributed by atoms with van der Waals surface area (Å²) in [6.45, 7) is 13.7. The lowest BCUT2D eigenvalue weighted by Gasteiger charge is -2.38. The van der Waals surface area contributed by atoms with E-state index in [1.165, 1.54) is 6.42 Å². The maximum absolute atomic E-state index is 12.2. The molecule has 1 heterocycles. The van der Waals surface area contributed by atoms with E-state index in [9.17, 15) is 4.79 Å². The van der Waals surface area contributed by atoms with Crippen LogP contribution in [0.15, 0.2) is 18.5 Å². The lowest BCUT2D eigenvalue weighted by atomic mass is 9.66. The quantitative estimate of drug-likeness (QED) is 0.845. The number of rotatable bonds is 5. The van der Waals surface area contributed by atoms with E-state index in [1.807, 2.05) is 4.57 Å². The number of carbonyl (C=O) groups is 1. The van der Waals surface area contributed by atoms with Crippen LogP contribution in [0, 0.1) is 16.7 Å². The molecule has 0 saturated heterocycles. The first-order chi connectivity index (χ1) is 10.7. The molecule has 2 unspecified atom stereocenters. The summed E-state index contributed by atoms with van der Waals surface area (Å²) in [4.78, 5) is 12.2. The number of hydrogen-bond acceptors (Lipinski definition) is 3. The zero-order valence-electron chi connectivity index (χ0n) is 15.3. The van der Waals surface area contributed by atoms with Crippen molar-refractivity contribution in [2.75, 3.05) is 0 Å². The Labute approximate surface area is 139 Å². The number of hydrogen-bond donors (Lipinski definition) is 1. The van der Waals surface area contributed by atoms with Crippen molar-refractivity contribution in [2.24, 2.45) is 16.7 Å². The third kappa shape index (κ3) is 3.48. The van der Waals surface area contributed by atoms with Gasteiger partial charge in [-0.05, 0) is 49.5 Å². The van der Waals surface area contributed by atoms with Crippen LogP contribution >= 0.6 is 0 Å². The van der Waals surface area contributed by atoms with E-state index >= 15 is 0 Å². The van der Waals surface area contributed by atoms with E-state index in [1.54, 1.807) is 12.4 Å². The Hall–Kier alpha value is -1.65. The third-order valence-corrected chi connectivity index (χ3v) is 6.03. The summed E-state index contributed by atoms with van der Waals surface area (Å²) in [6.07, 6.45) is 7.83. The first-order valence-electron chi connectivity index (χ1n) is 8.53. The van der Waals surface area contributed by atoms with Crippen molar-refractivity contribution in [1.82, 2.24) is 20.1 Å². The fourth-order valence-corrected chi connectivity index (χ4v) is 3.37. The maximum atomic E-state index is 12.2. The molecule has 1 saturated carbocycles. The van der Waals surface area contributed by atoms with Crippen molar-refractivity contribution in [3.8, 4) is 0 Å². The average molecular weight is 318 g/mol. The van der Waals surface area contributed by atoms with E-state index in [0.717, 1.165) is 12.2 Å². The van der Waals surface area contributed by atoms with Gasteiger partial charge in [0.15, 0.2) is 5.82 Å². The monoisotopic (exact) mass is 318 g/mol. The van der Waals surface area contributed by atoms with E-state index in [0.29, 0.717) is 12.5 Å². The Kier molecular flexibility index (Phi) is 4.97. The van der Waals surface area contributed by atoms with Gasteiger partial charge in [-0.1, -0.05) is 33.8 Å². The molecule has 0 spiro atoms. The summed E-state index contributed by atoms with van der Waals surface area (Å²) < 4.78 is 1.97. The predicted octanol–water partition coefficient (Wildman–Crippen LogP) is 3.49. The van der Waals surface area contributed by atoms with Crippen molar-refractivity contribution >= 4 is 5.91 Å². The summed E-state index contributed by atoms with van der Waals surface area (Å²) in [6, 6.07) is 0.284. The second-order valence-corrected chi connectivity index (χ2v) is 7.88. The van der Waals surface area contributed by atoms with Crippen LogP contribution in [0.25, 0.3) is 0 Å². The van der Waals surface area contributed by atoms with Crippen LogP contribution in [0.3, 0.4) is 0 Å². The van der Waals surface area contributed by atoms with Crippen LogP contribution in [0.5, 0.6) is 0 Å². The van der Waals surface area contributed by atoms with E-state index in [2.05, 4.69) is 63.1 Å². The summed E-state index contributed by atoms with van der Waals surface area (Å²) in [5.74, 6) is 1.38. The van der Waals surface area contributed by atoms with Crippen molar-refractivity contribution in [3.63, 3.8) is 0 Å². The van der Waals surface area contributed by atoms with E-state index in [4.69, 9.17) is 0 Å². The molecule has 1 aromatic heterocycles. The normalized spacial score (nSPS) is 27.0. The molecule has 1 aliphatic rings. The van der Waals surface area contributed by atoms with Gasteiger partial charge in [0.25, 0.3) is 0 Å². The lowest BCUT2D eigenvalue weighted by molar-refractivity contribution is -0.116. The van der Waals surface area contributed by atoms with Gasteiger partial charge in [-0.3, -0.25) is 4.79 Å². The average Bonchev–Trinajstić information content (AvgIpc) is 3.03. The maximum Gasteiger partial charge on any atom is 0.244 e. The number of carbonyl (C=O) groups excluding carboxylic acids is 1. The van der Waals surface area contributed by atoms with Gasteiger partial charge < -0.3 is 9.88 Å². The molecule has 1 N–H and O–H groups in total. The minimum Gasteiger partial charge on any atom is -0.345 e. The van der Waals surface area contributed by atoms with Crippen LogP contribution in [0.1, 0.15) is 66.3 Å². The number of allylic oxidation sites excluding steroid dienone is 1. The fraction of sp³-hybridized carbons (Fsp3) is 0.722. The van der Waals surface area contributed by atoms with Crippen LogP contribution in [-0.4, -0.2) is 20.7 Å². The zero-order chi connectivity index (χ0) is 17.3. The van der Waals surface area contributed by atoms with Gasteiger partial charge in [-0.2, -0.15) is 0 Å². The molecule has 0 bridgehead atoms. The molecule has 128 valence electrons. The Morgan fingerprint density at radius 3 is 2.74 bits per heavy atom. The SMILES string of the molecule is CC(C)n1cnnc1CNC(=O)/C=C/C1(C)CCC(C)C1(C)C. The summed E-state index contributed by atoms with van der Waals surface area (Å²) in [5.41, 5.74) is 0.281. The summed E-state index contributed by atoms with van der Waals surface area (Å²) >= 11 is 0. The minimum absolute atomic E-state index is 0.0696. The number of nitrogens with one attached hydrogen (secondary N) is 1. The molecule has 1 fully saturated rings. The second kappa shape index (κ2) is 6.46. The topological polar surface area (TPSA) is 59.8 Å². The zero-order valence-corrected chi connectivity index (χ0v) is 15.3. The van der Waals surface area contributed by atoms with Crippen LogP contribution in [0.4, 0.5) is 0 Å². The second-order valence-electron chi connectivity index (χ2n) is 7.88. The number of amides is 1. The minimum atomic E-state index is -0.0696. The van der Waals surface area contributed by atoms with Gasteiger partial charge in [0.1, 0.15) is 6.33 Å². The lowest BCUT2D eigenvalue weighted by Crippen LogP contribution is -2.32. The van der Waals surface area contributed by atoms with Crippen molar-refractivity contribution < 1.29 is 4.79 Å². The van der Waals surface area contributed by atoms with Crippen molar-refractivity contribution in [3.05, 3.63) is 24.3 Å². The van der Waals surface area contributed by atoms with Crippen molar-refractivity contribution in [1.29, 1.82) is 0 Å². The van der Waals surface area contributed by atoms with E-state index in [-0.39, 0.29) is 22.8 Å². The standard InChI is InChI=1S/C18H30N4O/c1-13(2)22-12-20-21-15(22)11-19-16(23)8-10-18(6)9-7-14(3)17(18,4)5/h8,10,12-14H,7,9,11H2,1-6H3,(H,19,23)/b10-8+. The number of aromatic nitrogens is 3. The smallest absolute Gasteiger partial charge is 0.244 e. The highest BCUT2D eigenvalue weighted by Crippen LogP contribution is 2.56. The highest BCUT2D eigenvalue weighted by atomic mass is 16.1.